The molecule has 2 amide bonds. The van der Waals surface area contributed by atoms with E-state index < -0.39 is 6.10 Å². The van der Waals surface area contributed by atoms with Crippen molar-refractivity contribution in [3.63, 3.8) is 0 Å². The van der Waals surface area contributed by atoms with Crippen molar-refractivity contribution in [2.45, 2.75) is 31.3 Å². The number of hydrogen-bond donors (Lipinski definition) is 1. The van der Waals surface area contributed by atoms with Crippen molar-refractivity contribution in [2.75, 3.05) is 11.4 Å². The molecule has 5 rings (SSSR count). The zero-order valence-electron chi connectivity index (χ0n) is 18.1. The Morgan fingerprint density at radius 2 is 1.71 bits per heavy atom. The van der Waals surface area contributed by atoms with Gasteiger partial charge in [0.05, 0.1) is 24.3 Å². The van der Waals surface area contributed by atoms with Crippen LogP contribution in [-0.2, 0) is 9.59 Å². The minimum atomic E-state index is -0.645. The van der Waals surface area contributed by atoms with Crippen molar-refractivity contribution in [1.82, 2.24) is 15.0 Å². The van der Waals surface area contributed by atoms with E-state index in [1.165, 1.54) is 30.5 Å². The van der Waals surface area contributed by atoms with Gasteiger partial charge in [0.15, 0.2) is 6.10 Å². The molecule has 10 heteroatoms. The summed E-state index contributed by atoms with van der Waals surface area (Å²) in [5.74, 6) is 1.09. The van der Waals surface area contributed by atoms with Crippen LogP contribution in [0.5, 0.6) is 17.4 Å². The quantitative estimate of drug-likeness (QED) is 0.572. The van der Waals surface area contributed by atoms with Gasteiger partial charge in [-0.1, -0.05) is 0 Å². The Bertz CT molecular complexity index is 1180. The Labute approximate surface area is 194 Å². The number of amides is 2. The lowest BCUT2D eigenvalue weighted by Gasteiger charge is -2.31. The molecule has 174 valence electrons. The first kappa shape index (κ1) is 21.7. The predicted octanol–water partition coefficient (Wildman–Crippen LogP) is 2.97. The molecule has 1 atom stereocenters. The van der Waals surface area contributed by atoms with Gasteiger partial charge in [-0.05, 0) is 43.2 Å². The van der Waals surface area contributed by atoms with E-state index in [0.29, 0.717) is 54.7 Å². The molecule has 0 unspecified atom stereocenters. The van der Waals surface area contributed by atoms with Crippen LogP contribution in [0.3, 0.4) is 0 Å². The van der Waals surface area contributed by atoms with Gasteiger partial charge in [0, 0.05) is 30.9 Å². The third-order valence-electron chi connectivity index (χ3n) is 6.06. The summed E-state index contributed by atoms with van der Waals surface area (Å²) in [7, 11) is 0. The monoisotopic (exact) mass is 463 g/mol. The van der Waals surface area contributed by atoms with Gasteiger partial charge in [-0.15, -0.1) is 0 Å². The van der Waals surface area contributed by atoms with Gasteiger partial charge in [0.2, 0.25) is 11.8 Å². The second-order valence-corrected chi connectivity index (χ2v) is 8.34. The number of carbonyl (C=O) groups excluding carboxylic acids is 2. The molecule has 2 N–H and O–H groups in total. The van der Waals surface area contributed by atoms with Crippen molar-refractivity contribution in [2.24, 2.45) is 11.7 Å². The number of pyridine rings is 1. The van der Waals surface area contributed by atoms with Gasteiger partial charge in [-0.25, -0.2) is 19.3 Å². The van der Waals surface area contributed by atoms with E-state index in [1.807, 2.05) is 0 Å². The smallest absolute Gasteiger partial charge is 0.268 e. The van der Waals surface area contributed by atoms with E-state index in [4.69, 9.17) is 15.2 Å². The van der Waals surface area contributed by atoms with Crippen LogP contribution in [-0.4, -0.2) is 39.4 Å². The van der Waals surface area contributed by atoms with Crippen LogP contribution in [0.1, 0.15) is 31.0 Å². The third-order valence-corrected chi connectivity index (χ3v) is 6.06. The van der Waals surface area contributed by atoms with Crippen molar-refractivity contribution in [3.8, 4) is 17.4 Å². The van der Waals surface area contributed by atoms with Crippen LogP contribution >= 0.6 is 0 Å². The Hall–Kier alpha value is -4.08. The fraction of sp³-hybridized carbons (Fsp3) is 0.292. The van der Waals surface area contributed by atoms with Gasteiger partial charge in [0.1, 0.15) is 23.1 Å². The molecule has 2 fully saturated rings. The van der Waals surface area contributed by atoms with E-state index in [-0.39, 0.29) is 29.5 Å². The van der Waals surface area contributed by atoms with Gasteiger partial charge < -0.3 is 20.1 Å². The number of primary amides is 1. The second-order valence-electron chi connectivity index (χ2n) is 8.34. The predicted molar refractivity (Wildman–Crippen MR) is 119 cm³/mol. The minimum Gasteiger partial charge on any atom is -0.479 e. The van der Waals surface area contributed by atoms with E-state index in [0.717, 1.165) is 0 Å². The average molecular weight is 463 g/mol. The number of benzene rings is 1. The number of hydrogen-bond acceptors (Lipinski definition) is 7. The molecule has 2 aromatic heterocycles. The Morgan fingerprint density at radius 3 is 2.35 bits per heavy atom. The Balaban J connectivity index is 1.16. The largest absolute Gasteiger partial charge is 0.479 e. The highest BCUT2D eigenvalue weighted by Crippen LogP contribution is 2.40. The lowest BCUT2D eigenvalue weighted by molar-refractivity contribution is -0.125. The highest BCUT2D eigenvalue weighted by molar-refractivity contribution is 5.98. The number of ether oxygens (including phenoxy) is 2. The maximum absolute atomic E-state index is 13.0. The first-order valence-corrected chi connectivity index (χ1v) is 10.9. The maximum atomic E-state index is 13.0. The minimum absolute atomic E-state index is 0.107. The summed E-state index contributed by atoms with van der Waals surface area (Å²) in [6.45, 7) is 0.485. The summed E-state index contributed by atoms with van der Waals surface area (Å²) in [4.78, 5) is 38.6. The number of nitrogens with zero attached hydrogens (tertiary/aromatic N) is 4. The van der Waals surface area contributed by atoms with E-state index in [9.17, 15) is 14.0 Å². The van der Waals surface area contributed by atoms with Crippen LogP contribution in [0.2, 0.25) is 0 Å². The van der Waals surface area contributed by atoms with E-state index in [2.05, 4.69) is 15.0 Å². The number of nitrogens with two attached hydrogens (primary N) is 1. The zero-order valence-corrected chi connectivity index (χ0v) is 18.1. The topological polar surface area (TPSA) is 121 Å². The Kier molecular flexibility index (Phi) is 5.79. The summed E-state index contributed by atoms with van der Waals surface area (Å²) in [5.41, 5.74) is 5.92. The summed E-state index contributed by atoms with van der Waals surface area (Å²) in [6, 6.07) is 8.90. The highest BCUT2D eigenvalue weighted by Gasteiger charge is 2.37. The molecule has 1 aromatic carbocycles. The molecule has 3 heterocycles. The molecule has 9 nitrogen and oxygen atoms in total. The summed E-state index contributed by atoms with van der Waals surface area (Å²) in [5, 5.41) is 0. The van der Waals surface area contributed by atoms with Crippen LogP contribution < -0.4 is 20.1 Å². The SMILES string of the molecule is NC(=O)C1CC(c2ncc(N3CC[C@@H](Oc4ccc(Oc5ccc(F)cc5)nc4)C3=O)cn2)C1. The number of halogens is 1. The molecule has 1 aliphatic carbocycles. The van der Waals surface area contributed by atoms with Gasteiger partial charge in [0.25, 0.3) is 5.91 Å². The fourth-order valence-electron chi connectivity index (χ4n) is 4.05. The Morgan fingerprint density at radius 1 is 1.00 bits per heavy atom. The third kappa shape index (κ3) is 4.52. The molecule has 34 heavy (non-hydrogen) atoms. The van der Waals surface area contributed by atoms with Crippen LogP contribution in [0.15, 0.2) is 55.0 Å². The molecular weight excluding hydrogens is 441 g/mol. The van der Waals surface area contributed by atoms with Crippen molar-refractivity contribution in [1.29, 1.82) is 0 Å². The molecule has 2 aliphatic rings. The van der Waals surface area contributed by atoms with Crippen LogP contribution in [0.4, 0.5) is 10.1 Å². The number of anilines is 1. The van der Waals surface area contributed by atoms with Gasteiger partial charge >= 0.3 is 0 Å². The van der Waals surface area contributed by atoms with Crippen molar-refractivity contribution >= 4 is 17.5 Å². The van der Waals surface area contributed by atoms with Gasteiger partial charge in [-0.3, -0.25) is 9.59 Å². The molecule has 3 aromatic rings. The van der Waals surface area contributed by atoms with E-state index in [1.54, 1.807) is 29.4 Å². The lowest BCUT2D eigenvalue weighted by atomic mass is 9.74. The molecule has 1 saturated carbocycles. The summed E-state index contributed by atoms with van der Waals surface area (Å²) in [6.07, 6.45) is 5.92. The summed E-state index contributed by atoms with van der Waals surface area (Å²) >= 11 is 0. The standard InChI is InChI=1S/C24H22FN5O4/c25-16-1-3-18(4-2-16)34-21-6-5-19(13-27-21)33-20-7-8-30(24(20)32)17-11-28-23(29-12-17)15-9-14(10-15)22(26)31/h1-6,11-15,20H,7-10H2,(H2,26,31)/t14?,15?,20-/m1/s1. The second kappa shape index (κ2) is 9.05. The highest BCUT2D eigenvalue weighted by atomic mass is 19.1. The van der Waals surface area contributed by atoms with Crippen molar-refractivity contribution in [3.05, 3.63) is 66.6 Å². The molecule has 0 bridgehead atoms. The average Bonchev–Trinajstić information content (AvgIpc) is 3.16. The molecule has 0 radical (unpaired) electrons. The maximum Gasteiger partial charge on any atom is 0.268 e. The number of rotatable bonds is 7. The molecule has 1 saturated heterocycles. The molecule has 1 aliphatic heterocycles. The van der Waals surface area contributed by atoms with Crippen LogP contribution in [0.25, 0.3) is 0 Å². The zero-order chi connectivity index (χ0) is 23.7. The lowest BCUT2D eigenvalue weighted by Crippen LogP contribution is -2.35. The number of carbonyl (C=O) groups is 2. The summed E-state index contributed by atoms with van der Waals surface area (Å²) < 4.78 is 24.4. The van der Waals surface area contributed by atoms with Crippen LogP contribution in [0, 0.1) is 11.7 Å². The van der Waals surface area contributed by atoms with E-state index >= 15 is 0 Å². The fourth-order valence-corrected chi connectivity index (χ4v) is 4.05. The first-order chi connectivity index (χ1) is 16.5. The van der Waals surface area contributed by atoms with Gasteiger partial charge in [-0.2, -0.15) is 0 Å². The first-order valence-electron chi connectivity index (χ1n) is 10.9. The number of aromatic nitrogens is 3. The normalized spacial score (nSPS) is 21.7. The molecular formula is C24H22FN5O4. The molecule has 0 spiro atoms. The van der Waals surface area contributed by atoms with Crippen molar-refractivity contribution < 1.29 is 23.5 Å².